The van der Waals surface area contributed by atoms with Crippen LogP contribution in [0.3, 0.4) is 0 Å². The normalized spacial score (nSPS) is 13.0. The van der Waals surface area contributed by atoms with Crippen molar-refractivity contribution in [1.29, 1.82) is 0 Å². The number of aromatic nitrogens is 2. The fraction of sp³-hybridized carbons (Fsp3) is 0.250. The number of carbonyl (C=O) groups excluding carboxylic acids is 2. The highest BCUT2D eigenvalue weighted by molar-refractivity contribution is 9.09. The summed E-state index contributed by atoms with van der Waals surface area (Å²) in [6.07, 6.45) is 3.27. The maximum Gasteiger partial charge on any atom is 0.227 e. The van der Waals surface area contributed by atoms with Crippen LogP contribution in [0.1, 0.15) is 45.1 Å². The van der Waals surface area contributed by atoms with Crippen LogP contribution in [-0.4, -0.2) is 43.9 Å². The Balaban J connectivity index is 1.63. The van der Waals surface area contributed by atoms with E-state index in [0.717, 1.165) is 10.8 Å². The lowest BCUT2D eigenvalue weighted by atomic mass is 10.1. The van der Waals surface area contributed by atoms with Gasteiger partial charge in [0.1, 0.15) is 10.5 Å². The summed E-state index contributed by atoms with van der Waals surface area (Å²) in [5.74, 6) is -0.413. The third kappa shape index (κ3) is 5.84. The summed E-state index contributed by atoms with van der Waals surface area (Å²) in [4.78, 5) is 46.5. The zero-order valence-corrected chi connectivity index (χ0v) is 22.3. The SMILES string of the molecule is CC(=O)n1cc(C(C[N+](=O)[O-])SSSC(C[N+](=O)[O-])c2cn(C(C)=O)c3ccccc23)c2ccccc21. The second-order valence-electron chi connectivity index (χ2n) is 8.25. The maximum absolute atomic E-state index is 12.2. The van der Waals surface area contributed by atoms with E-state index in [4.69, 9.17) is 0 Å². The highest BCUT2D eigenvalue weighted by Gasteiger charge is 2.28. The Morgan fingerprint density at radius 1 is 0.757 bits per heavy atom. The van der Waals surface area contributed by atoms with Gasteiger partial charge in [-0.2, -0.15) is 0 Å². The van der Waals surface area contributed by atoms with E-state index >= 15 is 0 Å². The van der Waals surface area contributed by atoms with E-state index in [9.17, 15) is 29.8 Å². The summed E-state index contributed by atoms with van der Waals surface area (Å²) in [6, 6.07) is 14.4. The molecule has 0 aliphatic rings. The smallest absolute Gasteiger partial charge is 0.227 e. The fourth-order valence-electron chi connectivity index (χ4n) is 4.20. The Morgan fingerprint density at radius 2 is 1.14 bits per heavy atom. The molecule has 2 aromatic carbocycles. The van der Waals surface area contributed by atoms with E-state index in [1.807, 2.05) is 24.3 Å². The predicted molar refractivity (Wildman–Crippen MR) is 148 cm³/mol. The predicted octanol–water partition coefficient (Wildman–Crippen LogP) is 6.28. The van der Waals surface area contributed by atoms with E-state index in [2.05, 4.69) is 0 Å². The molecule has 0 saturated heterocycles. The first-order chi connectivity index (χ1) is 17.7. The molecule has 13 heteroatoms. The van der Waals surface area contributed by atoms with Crippen LogP contribution in [0.15, 0.2) is 60.9 Å². The van der Waals surface area contributed by atoms with Gasteiger partial charge < -0.3 is 0 Å². The number of rotatable bonds is 10. The standard InChI is InChI=1S/C24H22N4O6S3/c1-15(29)25-11-19(17-7-3-5-9-21(17)25)23(13-27(31)32)35-37-36-24(14-28(33)34)20-12-26(16(2)30)22-10-6-4-8-18(20)22/h3-12,23-24H,13-14H2,1-2H3. The van der Waals surface area contributed by atoms with Crippen LogP contribution in [0, 0.1) is 20.2 Å². The number of fused-ring (bicyclic) bond motifs is 2. The molecule has 2 aromatic heterocycles. The number of carbonyl (C=O) groups is 2. The van der Waals surface area contributed by atoms with E-state index in [1.54, 1.807) is 36.7 Å². The number of nitro groups is 2. The zero-order chi connectivity index (χ0) is 26.7. The maximum atomic E-state index is 12.2. The number of para-hydroxylation sites is 2. The van der Waals surface area contributed by atoms with Gasteiger partial charge in [0.05, 0.1) is 11.0 Å². The van der Waals surface area contributed by atoms with Crippen LogP contribution in [0.4, 0.5) is 0 Å². The van der Waals surface area contributed by atoms with Crippen molar-refractivity contribution in [3.05, 3.63) is 92.3 Å². The topological polar surface area (TPSA) is 130 Å². The highest BCUT2D eigenvalue weighted by atomic mass is 33.5. The molecule has 2 unspecified atom stereocenters. The second kappa shape index (κ2) is 11.4. The minimum absolute atomic E-state index is 0.206. The van der Waals surface area contributed by atoms with Crippen molar-refractivity contribution >= 4 is 65.0 Å². The van der Waals surface area contributed by atoms with Crippen LogP contribution < -0.4 is 0 Å². The van der Waals surface area contributed by atoms with Crippen LogP contribution in [0.5, 0.6) is 0 Å². The molecule has 0 saturated carbocycles. The lowest BCUT2D eigenvalue weighted by molar-refractivity contribution is -0.479. The number of hydrogen-bond acceptors (Lipinski definition) is 9. The molecule has 2 atom stereocenters. The van der Waals surface area contributed by atoms with Crippen LogP contribution in [0.25, 0.3) is 21.8 Å². The van der Waals surface area contributed by atoms with Gasteiger partial charge in [-0.05, 0) is 33.1 Å². The summed E-state index contributed by atoms with van der Waals surface area (Å²) in [7, 11) is 3.69. The Morgan fingerprint density at radius 3 is 1.49 bits per heavy atom. The van der Waals surface area contributed by atoms with Gasteiger partial charge >= 0.3 is 0 Å². The third-order valence-electron chi connectivity index (χ3n) is 5.80. The Bertz CT molecular complexity index is 1400. The molecule has 2 heterocycles. The molecule has 192 valence electrons. The molecule has 37 heavy (non-hydrogen) atoms. The molecule has 10 nitrogen and oxygen atoms in total. The highest BCUT2D eigenvalue weighted by Crippen LogP contribution is 2.52. The summed E-state index contributed by atoms with van der Waals surface area (Å²) < 4.78 is 2.95. The van der Waals surface area contributed by atoms with Gasteiger partial charge in [-0.15, -0.1) is 0 Å². The quantitative estimate of drug-likeness (QED) is 0.125. The Hall–Kier alpha value is -3.29. The first-order valence-corrected chi connectivity index (χ1v) is 14.7. The van der Waals surface area contributed by atoms with Crippen molar-refractivity contribution in [2.45, 2.75) is 24.3 Å². The molecule has 0 aliphatic carbocycles. The monoisotopic (exact) mass is 558 g/mol. The second-order valence-corrected chi connectivity index (χ2v) is 12.7. The lowest BCUT2D eigenvalue weighted by Crippen LogP contribution is -2.10. The molecule has 0 fully saturated rings. The molecule has 4 rings (SSSR count). The summed E-state index contributed by atoms with van der Waals surface area (Å²) in [5.41, 5.74) is 2.64. The summed E-state index contributed by atoms with van der Waals surface area (Å²) in [5, 5.41) is 23.3. The molecule has 0 N–H and O–H groups in total. The number of hydrogen-bond donors (Lipinski definition) is 0. The average molecular weight is 559 g/mol. The van der Waals surface area contributed by atoms with Gasteiger partial charge in [0.25, 0.3) is 0 Å². The van der Waals surface area contributed by atoms with Gasteiger partial charge in [-0.25, -0.2) is 0 Å². The van der Waals surface area contributed by atoms with Crippen molar-refractivity contribution in [2.24, 2.45) is 0 Å². The van der Waals surface area contributed by atoms with Crippen molar-refractivity contribution in [2.75, 3.05) is 13.1 Å². The van der Waals surface area contributed by atoms with Gasteiger partial charge in [0, 0.05) is 46.9 Å². The van der Waals surface area contributed by atoms with E-state index in [0.29, 0.717) is 22.2 Å². The van der Waals surface area contributed by atoms with Crippen LogP contribution >= 0.6 is 31.4 Å². The van der Waals surface area contributed by atoms with Crippen molar-refractivity contribution in [1.82, 2.24) is 9.13 Å². The van der Waals surface area contributed by atoms with E-state index in [-0.39, 0.29) is 24.9 Å². The average Bonchev–Trinajstić information content (AvgIpc) is 3.42. The molecular formula is C24H22N4O6S3. The number of benzene rings is 2. The molecule has 0 spiro atoms. The van der Waals surface area contributed by atoms with Crippen LogP contribution in [0.2, 0.25) is 0 Å². The molecule has 0 bridgehead atoms. The molecule has 0 radical (unpaired) electrons. The van der Waals surface area contributed by atoms with Gasteiger partial charge in [0.15, 0.2) is 0 Å². The Labute approximate surface area is 222 Å². The lowest BCUT2D eigenvalue weighted by Gasteiger charge is -2.14. The molecule has 0 aliphatic heterocycles. The van der Waals surface area contributed by atoms with Crippen molar-refractivity contribution in [3.63, 3.8) is 0 Å². The number of nitrogens with zero attached hydrogens (tertiary/aromatic N) is 4. The van der Waals surface area contributed by atoms with Gasteiger partial charge in [0.2, 0.25) is 24.9 Å². The van der Waals surface area contributed by atoms with E-state index < -0.39 is 20.3 Å². The third-order valence-corrected chi connectivity index (χ3v) is 10.5. The molecule has 0 amide bonds. The Kier molecular flexibility index (Phi) is 8.25. The minimum atomic E-state index is -0.604. The fourth-order valence-corrected chi connectivity index (χ4v) is 9.19. The molecular weight excluding hydrogens is 536 g/mol. The molecule has 4 aromatic rings. The van der Waals surface area contributed by atoms with Crippen molar-refractivity contribution in [3.8, 4) is 0 Å². The van der Waals surface area contributed by atoms with Crippen LogP contribution in [-0.2, 0) is 0 Å². The first-order valence-electron chi connectivity index (χ1n) is 11.1. The largest absolute Gasteiger partial charge is 0.287 e. The summed E-state index contributed by atoms with van der Waals surface area (Å²) >= 11 is 0. The van der Waals surface area contributed by atoms with Gasteiger partial charge in [-0.3, -0.25) is 39.0 Å². The minimum Gasteiger partial charge on any atom is -0.287 e. The van der Waals surface area contributed by atoms with Crippen molar-refractivity contribution < 1.29 is 19.4 Å². The zero-order valence-electron chi connectivity index (χ0n) is 19.8. The van der Waals surface area contributed by atoms with E-state index in [1.165, 1.54) is 54.4 Å². The van der Waals surface area contributed by atoms with Gasteiger partial charge in [-0.1, -0.05) is 58.0 Å². The first kappa shape index (κ1) is 26.8. The summed E-state index contributed by atoms with van der Waals surface area (Å²) in [6.45, 7) is 2.09.